The number of hydrogen-bond acceptors (Lipinski definition) is 29. The fraction of sp³-hybridized carbons (Fsp3) is 0.722. The number of carbonyl (C=O) groups is 18. The number of carboxylic acid groups (broad SMARTS) is 2. The van der Waals surface area contributed by atoms with Crippen molar-refractivity contribution in [3.05, 3.63) is 11.8 Å². The monoisotopic (exact) mass is 1680 g/mol. The summed E-state index contributed by atoms with van der Waals surface area (Å²) >= 11 is 5.94. The van der Waals surface area contributed by atoms with E-state index >= 15 is 0 Å². The summed E-state index contributed by atoms with van der Waals surface area (Å²) in [6, 6.07) is -18.1. The summed E-state index contributed by atoms with van der Waals surface area (Å²) < 4.78 is 34.9. The fourth-order valence-electron chi connectivity index (χ4n) is 9.91. The molecule has 43 nitrogen and oxygen atoms in total. The number of unbranched alkanes of at least 4 members (excludes halogenated alkanes) is 9. The van der Waals surface area contributed by atoms with Gasteiger partial charge < -0.3 is 128 Å². The van der Waals surface area contributed by atoms with Crippen molar-refractivity contribution >= 4 is 119 Å². The minimum atomic E-state index is -2.96. The Kier molecular flexibility index (Phi) is 47.5. The van der Waals surface area contributed by atoms with Crippen LogP contribution in [0.4, 0.5) is 14.4 Å². The molecule has 3 unspecified atom stereocenters. The van der Waals surface area contributed by atoms with Crippen LogP contribution in [-0.2, 0) is 105 Å². The number of allylic oxidation sites excluding steroid dienone is 1. The molecule has 18 N–H and O–H groups in total. The smallest absolute Gasteiger partial charge is 0.410 e. The quantitative estimate of drug-likeness (QED) is 0.00866. The molecule has 0 spiro atoms. The summed E-state index contributed by atoms with van der Waals surface area (Å²) in [7, 11) is 0. The molecule has 0 radical (unpaired) electrons. The number of nitrogens with one attached hydrogen (secondary N) is 12. The number of halogens is 1. The Hall–Kier alpha value is -10.3. The van der Waals surface area contributed by atoms with Crippen molar-refractivity contribution in [3.8, 4) is 0 Å². The fourth-order valence-corrected chi connectivity index (χ4v) is 10.1. The number of carbonyl (C=O) groups excluding carboxylic acids is 16. The van der Waals surface area contributed by atoms with Crippen LogP contribution in [-0.4, -0.2) is 263 Å². The molecule has 658 valence electrons. The molecular formula is C72H117ClN12O31. The second-order valence-corrected chi connectivity index (χ2v) is 30.3. The van der Waals surface area contributed by atoms with Gasteiger partial charge in [0.2, 0.25) is 67.6 Å². The molecule has 0 aromatic carbocycles. The van der Waals surface area contributed by atoms with Crippen LogP contribution in [0.25, 0.3) is 0 Å². The summed E-state index contributed by atoms with van der Waals surface area (Å²) in [5.41, 5.74) is -3.99. The van der Waals surface area contributed by atoms with Gasteiger partial charge >= 0.3 is 54.1 Å². The van der Waals surface area contributed by atoms with Gasteiger partial charge in [0.15, 0.2) is 12.1 Å². The van der Waals surface area contributed by atoms with Gasteiger partial charge in [0, 0.05) is 19.6 Å². The first-order valence-electron chi connectivity index (χ1n) is 37.7. The molecule has 0 bridgehead atoms. The second-order valence-electron chi connectivity index (χ2n) is 30.0. The molecular weight excluding hydrogens is 1560 g/mol. The Morgan fingerprint density at radius 3 is 1.37 bits per heavy atom. The van der Waals surface area contributed by atoms with Crippen molar-refractivity contribution in [2.24, 2.45) is 16.2 Å². The van der Waals surface area contributed by atoms with Crippen molar-refractivity contribution in [2.75, 3.05) is 52.5 Å². The molecule has 44 heteroatoms. The van der Waals surface area contributed by atoms with Gasteiger partial charge in [0.05, 0.1) is 53.3 Å². The lowest BCUT2D eigenvalue weighted by Crippen LogP contribution is -2.62. The van der Waals surface area contributed by atoms with E-state index in [1.807, 2.05) is 16.0 Å². The molecule has 1 rings (SSSR count). The Morgan fingerprint density at radius 1 is 0.509 bits per heavy atom. The first-order valence-corrected chi connectivity index (χ1v) is 38.2. The number of aliphatic hydroxyl groups is 4. The van der Waals surface area contributed by atoms with Crippen LogP contribution in [0.2, 0.25) is 0 Å². The Bertz CT molecular complexity index is 3360. The van der Waals surface area contributed by atoms with Crippen LogP contribution < -0.4 is 63.8 Å². The highest BCUT2D eigenvalue weighted by atomic mass is 35.5. The molecule has 1 saturated heterocycles. The van der Waals surface area contributed by atoms with E-state index in [4.69, 9.17) is 44.8 Å². The van der Waals surface area contributed by atoms with Crippen molar-refractivity contribution in [1.82, 2.24) is 63.8 Å². The summed E-state index contributed by atoms with van der Waals surface area (Å²) in [5.74, 6) is -22.4. The molecule has 12 amide bonds. The van der Waals surface area contributed by atoms with E-state index in [2.05, 4.69) is 54.8 Å². The number of cyclic esters (lactones) is 1. The maximum Gasteiger partial charge on any atom is 0.410 e. The third-order valence-electron chi connectivity index (χ3n) is 16.7. The van der Waals surface area contributed by atoms with Gasteiger partial charge in [-0.25, -0.2) is 24.0 Å². The van der Waals surface area contributed by atoms with E-state index in [1.165, 1.54) is 62.3 Å². The molecule has 116 heavy (non-hydrogen) atoms. The summed E-state index contributed by atoms with van der Waals surface area (Å²) in [6.45, 7) is 12.0. The predicted molar refractivity (Wildman–Crippen MR) is 403 cm³/mol. The van der Waals surface area contributed by atoms with Crippen molar-refractivity contribution in [1.29, 1.82) is 0 Å². The topological polar surface area (TPSA) is 638 Å². The minimum absolute atomic E-state index is 0.0675. The van der Waals surface area contributed by atoms with Crippen molar-refractivity contribution in [3.63, 3.8) is 0 Å². The number of hydrogen-bond donors (Lipinski definition) is 18. The number of alkyl carbamates (subject to hydrolysis) is 3. The normalized spacial score (nSPS) is 20.9. The highest BCUT2D eigenvalue weighted by molar-refractivity contribution is 6.18. The van der Waals surface area contributed by atoms with Crippen molar-refractivity contribution < 1.29 is 150 Å². The molecule has 1 fully saturated rings. The highest BCUT2D eigenvalue weighted by Gasteiger charge is 2.42. The van der Waals surface area contributed by atoms with Crippen molar-refractivity contribution in [2.45, 2.75) is 265 Å². The van der Waals surface area contributed by atoms with Crippen LogP contribution in [0.15, 0.2) is 11.8 Å². The maximum absolute atomic E-state index is 14.8. The van der Waals surface area contributed by atoms with Gasteiger partial charge in [-0.3, -0.25) is 62.3 Å². The number of aliphatic hydroxyl groups excluding tert-OH is 4. The average molecular weight is 1680 g/mol. The van der Waals surface area contributed by atoms with Gasteiger partial charge in [-0.2, -0.15) is 0 Å². The Balaban J connectivity index is 4.45. The van der Waals surface area contributed by atoms with E-state index in [0.29, 0.717) is 12.8 Å². The molecule has 1 heterocycles. The van der Waals surface area contributed by atoms with Gasteiger partial charge in [0.1, 0.15) is 54.6 Å². The van der Waals surface area contributed by atoms with Crippen LogP contribution in [0.5, 0.6) is 0 Å². The van der Waals surface area contributed by atoms with E-state index < -0.39 is 280 Å². The standard InChI is InChI=1S/C72H117ClN12O31/c1-13-15-16-17-18-19-20-21-22-25-40(87)32-48(89)77-46-35-110-63(103)51(47(88)34-73)84-61(100)52(53(92)62(101)102)85-54(93)41(14-2)78-60(99)50(39(3)86)83-57(96)44(28-31-76-69(109)116-38-113-66(106)72(10,11)12)80-55(94)42(26-23-24-29-74-67(107)114-36-111-64(104)70(4,5)6)79-58(97)45(33-49(90)91)82-56(95)43(81-59(46)98)27-30-75-68(108)115-37-112-65(105)71(7,8)9/h14,39-40,42-47,50-53,86-88,92H,13,15-38H2,1-12H3,(H,74,107)(H,75,108)(H,76,109)(H,77,89)(H,78,99)(H,79,97)(H,80,94)(H,81,98)(H,82,95)(H,83,96)(H,84,100)(H,85,93)(H,90,91)(H,101,102)/b41-14-/t39?,40-,42+,43-,44+,45+,46+,47?,50+,51+,52+,53?/m1/s1. The van der Waals surface area contributed by atoms with E-state index in [9.17, 15) is 117 Å². The van der Waals surface area contributed by atoms with Crippen LogP contribution in [0.1, 0.15) is 192 Å². The number of amides is 12. The molecule has 1 aliphatic rings. The molecule has 0 saturated carbocycles. The maximum atomic E-state index is 14.8. The molecule has 0 aromatic rings. The summed E-state index contributed by atoms with van der Waals surface area (Å²) in [6.07, 6.45) is -7.69. The molecule has 12 atom stereocenters. The zero-order valence-electron chi connectivity index (χ0n) is 67.5. The minimum Gasteiger partial charge on any atom is -0.481 e. The molecule has 0 aromatic heterocycles. The average Bonchev–Trinajstić information content (AvgIpc) is 0.832. The van der Waals surface area contributed by atoms with Crippen LogP contribution >= 0.6 is 11.6 Å². The van der Waals surface area contributed by atoms with E-state index in [-0.39, 0.29) is 25.8 Å². The van der Waals surface area contributed by atoms with Crippen LogP contribution in [0, 0.1) is 16.2 Å². The third-order valence-corrected chi connectivity index (χ3v) is 17.0. The van der Waals surface area contributed by atoms with E-state index in [0.717, 1.165) is 64.9 Å². The zero-order chi connectivity index (χ0) is 88.2. The largest absolute Gasteiger partial charge is 0.481 e. The van der Waals surface area contributed by atoms with Gasteiger partial charge in [-0.05, 0) is 115 Å². The number of alkyl halides is 1. The lowest BCUT2D eigenvalue weighted by molar-refractivity contribution is -0.162. The number of esters is 4. The lowest BCUT2D eigenvalue weighted by atomic mass is 9.97. The molecule has 1 aliphatic heterocycles. The number of aliphatic carboxylic acids is 2. The van der Waals surface area contributed by atoms with E-state index in [1.54, 1.807) is 0 Å². The van der Waals surface area contributed by atoms with Crippen LogP contribution in [0.3, 0.4) is 0 Å². The SMILES string of the molecule is C/C=C1\NC(=O)[C@H](C(C)O)NC(=O)[C@H](CCNC(=O)OCOC(=O)C(C)(C)C)NC(=O)[C@H](CCCCNC(=O)OCOC(=O)C(C)(C)C)NC(=O)[C@H](CC(=O)O)NC(=O)[C@@H](CCNC(=O)OCOC(=O)C(C)(C)C)NC(=O)[C@@H](NC(=O)C[C@H](O)CCCCCCCCCCC)COC(=O)[C@H](C(O)CCl)NC(=O)[C@H](C(O)C(=O)O)NC1=O. The first-order chi connectivity index (χ1) is 54.2. The summed E-state index contributed by atoms with van der Waals surface area (Å²) in [4.78, 5) is 245. The number of ether oxygens (including phenoxy) is 7. The zero-order valence-corrected chi connectivity index (χ0v) is 68.2. The highest BCUT2D eigenvalue weighted by Crippen LogP contribution is 2.19. The lowest BCUT2D eigenvalue weighted by Gasteiger charge is -2.29. The predicted octanol–water partition coefficient (Wildman–Crippen LogP) is -1.22. The Morgan fingerprint density at radius 2 is 0.931 bits per heavy atom. The number of rotatable bonds is 37. The van der Waals surface area contributed by atoms with Gasteiger partial charge in [-0.15, -0.1) is 11.6 Å². The summed E-state index contributed by atoms with van der Waals surface area (Å²) in [5, 5.41) is 90.2. The molecule has 0 aliphatic carbocycles. The first kappa shape index (κ1) is 104. The Labute approximate surface area is 675 Å². The third kappa shape index (κ3) is 41.9. The number of carboxylic acids is 2. The second kappa shape index (κ2) is 53.1. The van der Waals surface area contributed by atoms with Gasteiger partial charge in [-0.1, -0.05) is 70.8 Å². The van der Waals surface area contributed by atoms with Gasteiger partial charge in [0.25, 0.3) is 5.91 Å².